The highest BCUT2D eigenvalue weighted by Gasteiger charge is 2.22. The van der Waals surface area contributed by atoms with Crippen LogP contribution in [-0.2, 0) is 0 Å². The van der Waals surface area contributed by atoms with E-state index < -0.39 is 0 Å². The molecule has 1 aliphatic carbocycles. The highest BCUT2D eigenvalue weighted by Crippen LogP contribution is 2.26. The third-order valence-corrected chi connectivity index (χ3v) is 4.34. The second kappa shape index (κ2) is 6.49. The number of urea groups is 1. The van der Waals surface area contributed by atoms with E-state index in [1.165, 1.54) is 19.3 Å². The van der Waals surface area contributed by atoms with Crippen molar-refractivity contribution in [3.63, 3.8) is 0 Å². The fourth-order valence-corrected chi connectivity index (χ4v) is 2.74. The standard InChI is InChI=1S/C14H18Cl2N2O/c1-9-4-2-3-5-13(9)18-14(19)17-10-6-7-11(15)12(16)8-10/h6-9,13H,2-5H2,1H3,(H2,17,18,19). The molecule has 2 rings (SSSR count). The maximum Gasteiger partial charge on any atom is 0.319 e. The highest BCUT2D eigenvalue weighted by atomic mass is 35.5. The van der Waals surface area contributed by atoms with E-state index in [0.29, 0.717) is 21.7 Å². The van der Waals surface area contributed by atoms with Crippen molar-refractivity contribution in [1.29, 1.82) is 0 Å². The molecular formula is C14H18Cl2N2O. The monoisotopic (exact) mass is 300 g/mol. The third kappa shape index (κ3) is 4.02. The summed E-state index contributed by atoms with van der Waals surface area (Å²) in [5.41, 5.74) is 0.648. The van der Waals surface area contributed by atoms with Gasteiger partial charge in [-0.3, -0.25) is 0 Å². The molecule has 0 bridgehead atoms. The largest absolute Gasteiger partial charge is 0.335 e. The Kier molecular flexibility index (Phi) is 4.94. The molecule has 1 fully saturated rings. The number of nitrogens with one attached hydrogen (secondary N) is 2. The van der Waals surface area contributed by atoms with Crippen LogP contribution in [0.5, 0.6) is 0 Å². The zero-order valence-electron chi connectivity index (χ0n) is 10.9. The van der Waals surface area contributed by atoms with E-state index in [2.05, 4.69) is 17.6 Å². The molecule has 1 aliphatic rings. The highest BCUT2D eigenvalue weighted by molar-refractivity contribution is 6.42. The van der Waals surface area contributed by atoms with Crippen LogP contribution in [0.25, 0.3) is 0 Å². The summed E-state index contributed by atoms with van der Waals surface area (Å²) in [5.74, 6) is 0.535. The van der Waals surface area contributed by atoms with Crippen LogP contribution in [0.3, 0.4) is 0 Å². The van der Waals surface area contributed by atoms with Crippen molar-refractivity contribution in [3.05, 3.63) is 28.2 Å². The van der Waals surface area contributed by atoms with Gasteiger partial charge in [-0.25, -0.2) is 4.79 Å². The molecule has 104 valence electrons. The lowest BCUT2D eigenvalue weighted by Crippen LogP contribution is -2.43. The summed E-state index contributed by atoms with van der Waals surface area (Å²) in [6, 6.07) is 5.13. The van der Waals surface area contributed by atoms with Crippen molar-refractivity contribution in [2.24, 2.45) is 5.92 Å². The average Bonchev–Trinajstić information content (AvgIpc) is 2.37. The third-order valence-electron chi connectivity index (χ3n) is 3.61. The van der Waals surface area contributed by atoms with Gasteiger partial charge >= 0.3 is 6.03 Å². The van der Waals surface area contributed by atoms with Crippen molar-refractivity contribution >= 4 is 34.9 Å². The fourth-order valence-electron chi connectivity index (χ4n) is 2.44. The van der Waals surface area contributed by atoms with Gasteiger partial charge < -0.3 is 10.6 Å². The Hall–Kier alpha value is -0.930. The molecule has 0 radical (unpaired) electrons. The Labute approximate surface area is 123 Å². The van der Waals surface area contributed by atoms with Gasteiger partial charge in [0.05, 0.1) is 10.0 Å². The number of carbonyl (C=O) groups is 1. The minimum Gasteiger partial charge on any atom is -0.335 e. The summed E-state index contributed by atoms with van der Waals surface area (Å²) in [6.07, 6.45) is 4.67. The smallest absolute Gasteiger partial charge is 0.319 e. The van der Waals surface area contributed by atoms with Gasteiger partial charge in [0, 0.05) is 11.7 Å². The summed E-state index contributed by atoms with van der Waals surface area (Å²) in [4.78, 5) is 11.9. The molecule has 0 saturated heterocycles. The first kappa shape index (κ1) is 14.5. The van der Waals surface area contributed by atoms with Crippen molar-refractivity contribution in [1.82, 2.24) is 5.32 Å². The van der Waals surface area contributed by atoms with Crippen LogP contribution in [0.2, 0.25) is 10.0 Å². The molecule has 19 heavy (non-hydrogen) atoms. The molecule has 5 heteroatoms. The first-order valence-corrected chi connectivity index (χ1v) is 7.34. The van der Waals surface area contributed by atoms with Gasteiger partial charge in [0.25, 0.3) is 0 Å². The number of amides is 2. The van der Waals surface area contributed by atoms with Gasteiger partial charge in [0.2, 0.25) is 0 Å². The van der Waals surface area contributed by atoms with Gasteiger partial charge in [-0.1, -0.05) is 43.0 Å². The minimum absolute atomic E-state index is 0.183. The molecule has 0 spiro atoms. The Morgan fingerprint density at radius 1 is 1.21 bits per heavy atom. The van der Waals surface area contributed by atoms with Crippen LogP contribution in [-0.4, -0.2) is 12.1 Å². The number of hydrogen-bond donors (Lipinski definition) is 2. The topological polar surface area (TPSA) is 41.1 Å². The number of carbonyl (C=O) groups excluding carboxylic acids is 1. The molecule has 2 unspecified atom stereocenters. The van der Waals surface area contributed by atoms with Gasteiger partial charge in [-0.15, -0.1) is 0 Å². The van der Waals surface area contributed by atoms with E-state index in [-0.39, 0.29) is 12.1 Å². The van der Waals surface area contributed by atoms with Crippen molar-refractivity contribution < 1.29 is 4.79 Å². The number of benzene rings is 1. The van der Waals surface area contributed by atoms with Crippen LogP contribution in [0, 0.1) is 5.92 Å². The maximum atomic E-state index is 11.9. The Morgan fingerprint density at radius 3 is 2.63 bits per heavy atom. The van der Waals surface area contributed by atoms with E-state index in [1.54, 1.807) is 18.2 Å². The molecule has 2 atom stereocenters. The zero-order chi connectivity index (χ0) is 13.8. The summed E-state index contributed by atoms with van der Waals surface area (Å²) < 4.78 is 0. The number of hydrogen-bond acceptors (Lipinski definition) is 1. The Morgan fingerprint density at radius 2 is 1.95 bits per heavy atom. The van der Waals surface area contributed by atoms with Crippen molar-refractivity contribution in [3.8, 4) is 0 Å². The molecule has 1 aromatic rings. The van der Waals surface area contributed by atoms with Gasteiger partial charge in [0.1, 0.15) is 0 Å². The lowest BCUT2D eigenvalue weighted by Gasteiger charge is -2.29. The lowest BCUT2D eigenvalue weighted by atomic mass is 9.86. The molecule has 0 aliphatic heterocycles. The Bertz CT molecular complexity index is 465. The van der Waals surface area contributed by atoms with E-state index in [0.717, 1.165) is 6.42 Å². The van der Waals surface area contributed by atoms with Crippen LogP contribution in [0.4, 0.5) is 10.5 Å². The molecule has 3 nitrogen and oxygen atoms in total. The number of rotatable bonds is 2. The quantitative estimate of drug-likeness (QED) is 0.817. The van der Waals surface area contributed by atoms with Crippen LogP contribution < -0.4 is 10.6 Å². The average molecular weight is 301 g/mol. The summed E-state index contributed by atoms with van der Waals surface area (Å²) in [5, 5.41) is 6.73. The number of anilines is 1. The first-order chi connectivity index (χ1) is 9.06. The fraction of sp³-hybridized carbons (Fsp3) is 0.500. The van der Waals surface area contributed by atoms with E-state index in [1.807, 2.05) is 0 Å². The molecule has 1 saturated carbocycles. The molecule has 0 aromatic heterocycles. The molecule has 2 N–H and O–H groups in total. The van der Waals surface area contributed by atoms with E-state index in [9.17, 15) is 4.79 Å². The second-order valence-corrected chi connectivity index (χ2v) is 5.91. The second-order valence-electron chi connectivity index (χ2n) is 5.10. The summed E-state index contributed by atoms with van der Waals surface area (Å²) in [6.45, 7) is 2.18. The Balaban J connectivity index is 1.91. The molecular weight excluding hydrogens is 283 g/mol. The first-order valence-electron chi connectivity index (χ1n) is 6.59. The van der Waals surface area contributed by atoms with Crippen LogP contribution in [0.15, 0.2) is 18.2 Å². The predicted molar refractivity (Wildman–Crippen MR) is 80.0 cm³/mol. The maximum absolute atomic E-state index is 11.9. The summed E-state index contributed by atoms with van der Waals surface area (Å²) >= 11 is 11.7. The minimum atomic E-state index is -0.183. The predicted octanol–water partition coefficient (Wildman–Crippen LogP) is 4.69. The molecule has 2 amide bonds. The van der Waals surface area contributed by atoms with E-state index >= 15 is 0 Å². The van der Waals surface area contributed by atoms with Crippen molar-refractivity contribution in [2.75, 3.05) is 5.32 Å². The summed E-state index contributed by atoms with van der Waals surface area (Å²) in [7, 11) is 0. The van der Waals surface area contributed by atoms with Gasteiger partial charge in [-0.05, 0) is 37.0 Å². The van der Waals surface area contributed by atoms with E-state index in [4.69, 9.17) is 23.2 Å². The van der Waals surface area contributed by atoms with Crippen LogP contribution >= 0.6 is 23.2 Å². The van der Waals surface area contributed by atoms with Gasteiger partial charge in [-0.2, -0.15) is 0 Å². The van der Waals surface area contributed by atoms with Gasteiger partial charge in [0.15, 0.2) is 0 Å². The SMILES string of the molecule is CC1CCCCC1NC(=O)Nc1ccc(Cl)c(Cl)c1. The molecule has 1 aromatic carbocycles. The molecule has 0 heterocycles. The number of halogens is 2. The van der Waals surface area contributed by atoms with Crippen molar-refractivity contribution in [2.45, 2.75) is 38.6 Å². The zero-order valence-corrected chi connectivity index (χ0v) is 12.4. The lowest BCUT2D eigenvalue weighted by molar-refractivity contribution is 0.232. The van der Waals surface area contributed by atoms with Crippen LogP contribution in [0.1, 0.15) is 32.6 Å². The normalized spacial score (nSPS) is 22.9.